The van der Waals surface area contributed by atoms with E-state index in [4.69, 9.17) is 0 Å². The highest BCUT2D eigenvalue weighted by Gasteiger charge is 2.10. The fourth-order valence-electron chi connectivity index (χ4n) is 0.548. The number of oxazole rings is 1. The SMILES string of the molecule is O=[N+]([O-])Nc1coc(N[N+](=O)[O-])n1. The molecule has 0 aliphatic heterocycles. The molecule has 1 heterocycles. The van der Waals surface area contributed by atoms with Gasteiger partial charge in [-0.25, -0.2) is 20.2 Å². The lowest BCUT2D eigenvalue weighted by molar-refractivity contribution is -0.447. The molecule has 0 radical (unpaired) electrons. The first-order chi connectivity index (χ1) is 6.08. The number of hydrazine groups is 2. The first-order valence-corrected chi connectivity index (χ1v) is 2.85. The van der Waals surface area contributed by atoms with Crippen LogP contribution in [0.1, 0.15) is 0 Å². The van der Waals surface area contributed by atoms with Gasteiger partial charge < -0.3 is 4.42 Å². The molecule has 70 valence electrons. The van der Waals surface area contributed by atoms with Gasteiger partial charge in [0.2, 0.25) is 5.82 Å². The van der Waals surface area contributed by atoms with E-state index in [9.17, 15) is 20.2 Å². The molecule has 0 unspecified atom stereocenters. The Balaban J connectivity index is 2.63. The Hall–Kier alpha value is -2.39. The van der Waals surface area contributed by atoms with Gasteiger partial charge in [-0.05, 0) is 0 Å². The molecule has 1 rings (SSSR count). The molecule has 0 amide bonds. The Bertz CT molecular complexity index is 302. The number of nitrogens with one attached hydrogen (secondary N) is 2. The molecule has 10 nitrogen and oxygen atoms in total. The van der Waals surface area contributed by atoms with Crippen molar-refractivity contribution in [3.05, 3.63) is 26.5 Å². The molecular weight excluding hydrogens is 186 g/mol. The van der Waals surface area contributed by atoms with E-state index in [2.05, 4.69) is 9.40 Å². The second kappa shape index (κ2) is 3.34. The monoisotopic (exact) mass is 189 g/mol. The maximum atomic E-state index is 9.86. The average Bonchev–Trinajstić information content (AvgIpc) is 2.33. The molecule has 2 N–H and O–H groups in total. The van der Waals surface area contributed by atoms with Crippen molar-refractivity contribution >= 4 is 11.8 Å². The molecule has 10 heteroatoms. The fraction of sp³-hybridized carbons (Fsp3) is 0. The normalized spacial score (nSPS) is 9.23. The van der Waals surface area contributed by atoms with Crippen LogP contribution in [-0.2, 0) is 0 Å². The second-order valence-electron chi connectivity index (χ2n) is 1.78. The van der Waals surface area contributed by atoms with Crippen molar-refractivity contribution in [2.75, 3.05) is 10.9 Å². The zero-order valence-electron chi connectivity index (χ0n) is 5.96. The molecule has 0 fully saturated rings. The molecule has 0 spiro atoms. The van der Waals surface area contributed by atoms with Gasteiger partial charge in [-0.2, -0.15) is 4.98 Å². The van der Waals surface area contributed by atoms with Crippen molar-refractivity contribution in [2.24, 2.45) is 0 Å². The number of rotatable bonds is 4. The number of nitro groups is 2. The van der Waals surface area contributed by atoms with E-state index >= 15 is 0 Å². The largest absolute Gasteiger partial charge is 0.426 e. The van der Waals surface area contributed by atoms with Crippen molar-refractivity contribution < 1.29 is 14.5 Å². The lowest BCUT2D eigenvalue weighted by Gasteiger charge is -1.87. The molecule has 13 heavy (non-hydrogen) atoms. The molecule has 0 bridgehead atoms. The zero-order valence-corrected chi connectivity index (χ0v) is 5.96. The summed E-state index contributed by atoms with van der Waals surface area (Å²) < 4.78 is 4.45. The standard InChI is InChI=1S/C3H3N5O5/c9-7(10)5-2-1-13-3(4-2)6-8(11)12/h1,5H,(H,4,6). The molecule has 0 aliphatic rings. The van der Waals surface area contributed by atoms with Crippen LogP contribution in [0.15, 0.2) is 10.7 Å². The van der Waals surface area contributed by atoms with E-state index in [0.29, 0.717) is 0 Å². The molecule has 0 atom stereocenters. The summed E-state index contributed by atoms with van der Waals surface area (Å²) in [5.74, 6) is -0.227. The summed E-state index contributed by atoms with van der Waals surface area (Å²) in [7, 11) is 0. The van der Waals surface area contributed by atoms with Gasteiger partial charge in [0.1, 0.15) is 6.26 Å². The highest BCUT2D eigenvalue weighted by atomic mass is 16.7. The summed E-state index contributed by atoms with van der Waals surface area (Å²) in [6.45, 7) is 0. The molecule has 0 aliphatic carbocycles. The van der Waals surface area contributed by atoms with Crippen LogP contribution < -0.4 is 10.9 Å². The minimum absolute atomic E-state index is 0.227. The van der Waals surface area contributed by atoms with Gasteiger partial charge >= 0.3 is 6.01 Å². The summed E-state index contributed by atoms with van der Waals surface area (Å²) in [5.41, 5.74) is 3.23. The Morgan fingerprint density at radius 3 is 2.46 bits per heavy atom. The Kier molecular flexibility index (Phi) is 2.23. The lowest BCUT2D eigenvalue weighted by atomic mass is 10.8. The van der Waals surface area contributed by atoms with E-state index in [0.717, 1.165) is 6.26 Å². The summed E-state index contributed by atoms with van der Waals surface area (Å²) in [4.78, 5) is 23.0. The van der Waals surface area contributed by atoms with Gasteiger partial charge in [0, 0.05) is 0 Å². The van der Waals surface area contributed by atoms with Crippen LogP contribution in [0.25, 0.3) is 0 Å². The number of hydrogen-bond donors (Lipinski definition) is 2. The molecular formula is C3H3N5O5. The maximum Gasteiger partial charge on any atom is 0.356 e. The predicted molar refractivity (Wildman–Crippen MR) is 37.7 cm³/mol. The fourth-order valence-corrected chi connectivity index (χ4v) is 0.548. The number of anilines is 2. The average molecular weight is 189 g/mol. The molecule has 1 aromatic rings. The van der Waals surface area contributed by atoms with Crippen LogP contribution in [-0.4, -0.2) is 15.0 Å². The van der Waals surface area contributed by atoms with Crippen molar-refractivity contribution in [1.82, 2.24) is 4.98 Å². The minimum atomic E-state index is -0.901. The van der Waals surface area contributed by atoms with Gasteiger partial charge in [0.25, 0.3) is 0 Å². The van der Waals surface area contributed by atoms with Crippen LogP contribution in [0.5, 0.6) is 0 Å². The van der Waals surface area contributed by atoms with Crippen LogP contribution in [0.2, 0.25) is 0 Å². The van der Waals surface area contributed by atoms with Gasteiger partial charge in [0.15, 0.2) is 10.1 Å². The van der Waals surface area contributed by atoms with Crippen LogP contribution in [0.3, 0.4) is 0 Å². The lowest BCUT2D eigenvalue weighted by Crippen LogP contribution is -2.10. The van der Waals surface area contributed by atoms with Gasteiger partial charge in [-0.1, -0.05) is 10.9 Å². The van der Waals surface area contributed by atoms with Gasteiger partial charge in [-0.3, -0.25) is 0 Å². The summed E-state index contributed by atoms with van der Waals surface area (Å²) in [6, 6.07) is -0.436. The predicted octanol–water partition coefficient (Wildman–Crippen LogP) is -0.118. The molecule has 0 saturated carbocycles. The number of hydrogen-bond acceptors (Lipinski definition) is 6. The maximum absolute atomic E-state index is 9.86. The summed E-state index contributed by atoms with van der Waals surface area (Å²) in [6.07, 6.45) is 0.870. The third kappa shape index (κ3) is 2.61. The third-order valence-corrected chi connectivity index (χ3v) is 0.897. The smallest absolute Gasteiger partial charge is 0.356 e. The van der Waals surface area contributed by atoms with Crippen LogP contribution in [0, 0.1) is 20.2 Å². The zero-order chi connectivity index (χ0) is 9.84. The van der Waals surface area contributed by atoms with Crippen LogP contribution >= 0.6 is 0 Å². The van der Waals surface area contributed by atoms with Crippen molar-refractivity contribution in [3.8, 4) is 0 Å². The van der Waals surface area contributed by atoms with E-state index < -0.39 is 16.1 Å². The summed E-state index contributed by atoms with van der Waals surface area (Å²) >= 11 is 0. The topological polar surface area (TPSA) is 136 Å². The van der Waals surface area contributed by atoms with E-state index in [1.165, 1.54) is 0 Å². The first-order valence-electron chi connectivity index (χ1n) is 2.85. The van der Waals surface area contributed by atoms with E-state index in [1.807, 2.05) is 0 Å². The minimum Gasteiger partial charge on any atom is -0.426 e. The quantitative estimate of drug-likeness (QED) is 0.494. The highest BCUT2D eigenvalue weighted by molar-refractivity contribution is 5.33. The highest BCUT2D eigenvalue weighted by Crippen LogP contribution is 2.10. The molecule has 0 aromatic carbocycles. The number of aromatic nitrogens is 1. The molecule has 1 aromatic heterocycles. The Morgan fingerprint density at radius 2 is 1.92 bits per heavy atom. The first kappa shape index (κ1) is 8.70. The molecule has 0 saturated heterocycles. The Labute approximate surface area is 69.8 Å². The van der Waals surface area contributed by atoms with Crippen molar-refractivity contribution in [2.45, 2.75) is 0 Å². The summed E-state index contributed by atoms with van der Waals surface area (Å²) in [5, 5.41) is 17.9. The van der Waals surface area contributed by atoms with Gasteiger partial charge in [0.05, 0.1) is 0 Å². The second-order valence-corrected chi connectivity index (χ2v) is 1.78. The third-order valence-electron chi connectivity index (χ3n) is 0.897. The van der Waals surface area contributed by atoms with Crippen molar-refractivity contribution in [3.63, 3.8) is 0 Å². The number of nitrogens with zero attached hydrogens (tertiary/aromatic N) is 3. The van der Waals surface area contributed by atoms with Crippen LogP contribution in [0.4, 0.5) is 11.8 Å². The Morgan fingerprint density at radius 1 is 1.31 bits per heavy atom. The van der Waals surface area contributed by atoms with Gasteiger partial charge in [-0.15, -0.1) is 0 Å². The van der Waals surface area contributed by atoms with E-state index in [-0.39, 0.29) is 5.82 Å². The van der Waals surface area contributed by atoms with Crippen molar-refractivity contribution in [1.29, 1.82) is 0 Å². The van der Waals surface area contributed by atoms with E-state index in [1.54, 1.807) is 10.9 Å².